The molecule has 1 aromatic heterocycles. The highest BCUT2D eigenvalue weighted by atomic mass is 19.4. The highest BCUT2D eigenvalue weighted by Gasteiger charge is 2.31. The zero-order valence-corrected chi connectivity index (χ0v) is 14.0. The van der Waals surface area contributed by atoms with Crippen LogP contribution in [0.3, 0.4) is 0 Å². The van der Waals surface area contributed by atoms with Gasteiger partial charge < -0.3 is 15.3 Å². The minimum absolute atomic E-state index is 0.0434. The predicted octanol–water partition coefficient (Wildman–Crippen LogP) is 2.15. The molecule has 0 unspecified atom stereocenters. The van der Waals surface area contributed by atoms with Gasteiger partial charge in [-0.05, 0) is 27.2 Å². The molecule has 1 saturated heterocycles. The summed E-state index contributed by atoms with van der Waals surface area (Å²) in [5, 5.41) is 15.9. The lowest BCUT2D eigenvalue weighted by Crippen LogP contribution is -2.40. The van der Waals surface area contributed by atoms with Crippen molar-refractivity contribution in [1.29, 1.82) is 0 Å². The maximum Gasteiger partial charge on any atom is 0.408 e. The number of aryl methyl sites for hydroxylation is 1. The lowest BCUT2D eigenvalue weighted by molar-refractivity contribution is -0.143. The molecular formula is C15H23F3N4O2. The average Bonchev–Trinajstić information content (AvgIpc) is 3.03. The molecule has 2 atom stereocenters. The molecule has 2 amide bonds. The number of alkyl halides is 3. The quantitative estimate of drug-likeness (QED) is 0.876. The highest BCUT2D eigenvalue weighted by Crippen LogP contribution is 2.25. The molecule has 2 rings (SSSR count). The van der Waals surface area contributed by atoms with E-state index in [0.717, 1.165) is 11.1 Å². The van der Waals surface area contributed by atoms with E-state index in [4.69, 9.17) is 5.11 Å². The maximum absolute atomic E-state index is 12.6. The first-order chi connectivity index (χ1) is 11.1. The number of amides is 2. The minimum atomic E-state index is -4.35. The largest absolute Gasteiger partial charge is 0.408 e. The molecule has 2 heterocycles. The lowest BCUT2D eigenvalue weighted by Gasteiger charge is -2.21. The van der Waals surface area contributed by atoms with Crippen LogP contribution in [0.1, 0.15) is 36.3 Å². The number of urea groups is 1. The normalized spacial score (nSPS) is 19.6. The van der Waals surface area contributed by atoms with Gasteiger partial charge in [-0.2, -0.15) is 18.3 Å². The molecule has 0 bridgehead atoms. The number of carbonyl (C=O) groups excluding carboxylic acids is 1. The highest BCUT2D eigenvalue weighted by molar-refractivity contribution is 5.75. The van der Waals surface area contributed by atoms with Crippen LogP contribution in [0.5, 0.6) is 0 Å². The number of aliphatic hydroxyl groups excluding tert-OH is 1. The second kappa shape index (κ2) is 7.00. The smallest absolute Gasteiger partial charge is 0.396 e. The van der Waals surface area contributed by atoms with Crippen molar-refractivity contribution in [2.75, 3.05) is 19.7 Å². The summed E-state index contributed by atoms with van der Waals surface area (Å²) < 4.78 is 38.7. The summed E-state index contributed by atoms with van der Waals surface area (Å²) in [7, 11) is 0. The number of likely N-dealkylation sites (tertiary alicyclic amines) is 1. The molecule has 0 spiro atoms. The van der Waals surface area contributed by atoms with Crippen molar-refractivity contribution in [3.05, 3.63) is 17.0 Å². The van der Waals surface area contributed by atoms with E-state index in [1.54, 1.807) is 25.7 Å². The van der Waals surface area contributed by atoms with Crippen LogP contribution in [0, 0.1) is 19.8 Å². The molecule has 0 aromatic carbocycles. The number of aromatic nitrogens is 2. The van der Waals surface area contributed by atoms with E-state index in [9.17, 15) is 18.0 Å². The molecule has 0 aliphatic carbocycles. The molecule has 0 radical (unpaired) electrons. The van der Waals surface area contributed by atoms with Crippen molar-refractivity contribution < 1.29 is 23.1 Å². The summed E-state index contributed by atoms with van der Waals surface area (Å²) in [6, 6.07) is -0.728. The van der Waals surface area contributed by atoms with E-state index in [2.05, 4.69) is 10.4 Å². The Morgan fingerprint density at radius 1 is 1.46 bits per heavy atom. The third-order valence-corrected chi connectivity index (χ3v) is 4.37. The molecule has 9 heteroatoms. The molecule has 1 aromatic rings. The summed E-state index contributed by atoms with van der Waals surface area (Å²) in [4.78, 5) is 13.9. The zero-order chi connectivity index (χ0) is 18.1. The van der Waals surface area contributed by atoms with Gasteiger partial charge in [-0.25, -0.2) is 4.79 Å². The van der Waals surface area contributed by atoms with Crippen molar-refractivity contribution in [2.45, 2.75) is 46.0 Å². The van der Waals surface area contributed by atoms with Crippen LogP contribution in [0.15, 0.2) is 0 Å². The van der Waals surface area contributed by atoms with Crippen molar-refractivity contribution >= 4 is 6.03 Å². The summed E-state index contributed by atoms with van der Waals surface area (Å²) in [5.41, 5.74) is 1.47. The van der Waals surface area contributed by atoms with Gasteiger partial charge in [0.25, 0.3) is 0 Å². The fraction of sp³-hybridized carbons (Fsp3) is 0.733. The van der Waals surface area contributed by atoms with Gasteiger partial charge >= 0.3 is 12.2 Å². The molecule has 0 saturated carbocycles. The molecule has 1 fully saturated rings. The number of hydrogen-bond acceptors (Lipinski definition) is 3. The van der Waals surface area contributed by atoms with E-state index >= 15 is 0 Å². The van der Waals surface area contributed by atoms with E-state index < -0.39 is 18.8 Å². The van der Waals surface area contributed by atoms with Crippen molar-refractivity contribution in [3.8, 4) is 0 Å². The van der Waals surface area contributed by atoms with Crippen LogP contribution >= 0.6 is 0 Å². The first-order valence-electron chi connectivity index (χ1n) is 7.89. The molecule has 1 aliphatic heterocycles. The Morgan fingerprint density at radius 3 is 2.67 bits per heavy atom. The topological polar surface area (TPSA) is 70.4 Å². The third kappa shape index (κ3) is 4.19. The monoisotopic (exact) mass is 348 g/mol. The van der Waals surface area contributed by atoms with E-state index in [1.165, 1.54) is 0 Å². The van der Waals surface area contributed by atoms with Gasteiger partial charge in [0.2, 0.25) is 0 Å². The number of hydrogen-bond donors (Lipinski definition) is 2. The van der Waals surface area contributed by atoms with Crippen molar-refractivity contribution in [3.63, 3.8) is 0 Å². The van der Waals surface area contributed by atoms with E-state index in [0.29, 0.717) is 30.0 Å². The number of halogens is 3. The molecular weight excluding hydrogens is 325 g/mol. The van der Waals surface area contributed by atoms with Crippen LogP contribution in [0.25, 0.3) is 0 Å². The zero-order valence-electron chi connectivity index (χ0n) is 14.0. The molecule has 6 nitrogen and oxygen atoms in total. The fourth-order valence-electron chi connectivity index (χ4n) is 3.18. The summed E-state index contributed by atoms with van der Waals surface area (Å²) in [6.45, 7) is 4.88. The number of aliphatic hydroxyl groups is 1. The first kappa shape index (κ1) is 18.6. The standard InChI is InChI=1S/C15H23F3N4O2/c1-9(19-14(24)21-5-4-12(6-21)7-23)13-10(2)20-22(11(13)3)8-15(16,17)18/h9,12,23H,4-8H2,1-3H3,(H,19,24)/t9-,12-/m1/s1. The molecule has 24 heavy (non-hydrogen) atoms. The Hall–Kier alpha value is -1.77. The Morgan fingerprint density at radius 2 is 2.12 bits per heavy atom. The fourth-order valence-corrected chi connectivity index (χ4v) is 3.18. The van der Waals surface area contributed by atoms with Crippen LogP contribution < -0.4 is 5.32 Å². The summed E-state index contributed by atoms with van der Waals surface area (Å²) in [5.74, 6) is 0.0871. The lowest BCUT2D eigenvalue weighted by atomic mass is 10.1. The second-order valence-corrected chi connectivity index (χ2v) is 6.31. The SMILES string of the molecule is Cc1nn(CC(F)(F)F)c(C)c1[C@@H](C)NC(=O)N1CC[C@@H](CO)C1. The van der Waals surface area contributed by atoms with Gasteiger partial charge in [-0.3, -0.25) is 4.68 Å². The van der Waals surface area contributed by atoms with Crippen molar-refractivity contribution in [2.24, 2.45) is 5.92 Å². The van der Waals surface area contributed by atoms with Gasteiger partial charge in [0.15, 0.2) is 0 Å². The number of nitrogens with zero attached hydrogens (tertiary/aromatic N) is 3. The maximum atomic E-state index is 12.6. The number of nitrogens with one attached hydrogen (secondary N) is 1. The van der Waals surface area contributed by atoms with Crippen LogP contribution in [-0.4, -0.2) is 51.7 Å². The van der Waals surface area contributed by atoms with E-state index in [-0.39, 0.29) is 18.6 Å². The van der Waals surface area contributed by atoms with Gasteiger partial charge in [-0.1, -0.05) is 0 Å². The van der Waals surface area contributed by atoms with Gasteiger partial charge in [0.05, 0.1) is 11.7 Å². The van der Waals surface area contributed by atoms with Gasteiger partial charge in [-0.15, -0.1) is 0 Å². The third-order valence-electron chi connectivity index (χ3n) is 4.37. The van der Waals surface area contributed by atoms with Crippen LogP contribution in [0.2, 0.25) is 0 Å². The Balaban J connectivity index is 2.07. The number of rotatable bonds is 4. The summed E-state index contributed by atoms with van der Waals surface area (Å²) in [6.07, 6.45) is -3.60. The van der Waals surface area contributed by atoms with Gasteiger partial charge in [0.1, 0.15) is 6.54 Å². The number of carbonyl (C=O) groups is 1. The Labute approximate surface area is 138 Å². The van der Waals surface area contributed by atoms with E-state index in [1.807, 2.05) is 0 Å². The molecule has 136 valence electrons. The predicted molar refractivity (Wildman–Crippen MR) is 81.5 cm³/mol. The average molecular weight is 348 g/mol. The first-order valence-corrected chi connectivity index (χ1v) is 7.89. The summed E-state index contributed by atoms with van der Waals surface area (Å²) >= 11 is 0. The Kier molecular flexibility index (Phi) is 5.42. The van der Waals surface area contributed by atoms with Crippen LogP contribution in [0.4, 0.5) is 18.0 Å². The minimum Gasteiger partial charge on any atom is -0.396 e. The molecule has 2 N–H and O–H groups in total. The molecule has 1 aliphatic rings. The van der Waals surface area contributed by atoms with Crippen molar-refractivity contribution in [1.82, 2.24) is 20.0 Å². The Bertz CT molecular complexity index is 600. The van der Waals surface area contributed by atoms with Gasteiger partial charge in [0, 0.05) is 36.9 Å². The second-order valence-electron chi connectivity index (χ2n) is 6.31. The van der Waals surface area contributed by atoms with Crippen LogP contribution in [-0.2, 0) is 6.54 Å².